The van der Waals surface area contributed by atoms with Crippen LogP contribution in [0.5, 0.6) is 5.75 Å². The molecule has 0 saturated heterocycles. The van der Waals surface area contributed by atoms with Crippen molar-refractivity contribution in [2.24, 2.45) is 0 Å². The summed E-state index contributed by atoms with van der Waals surface area (Å²) in [5.41, 5.74) is 0.517. The maximum Gasteiger partial charge on any atom is 0.279 e. The van der Waals surface area contributed by atoms with Gasteiger partial charge in [0.2, 0.25) is 0 Å². The van der Waals surface area contributed by atoms with Crippen LogP contribution in [-0.4, -0.2) is 45.1 Å². The predicted molar refractivity (Wildman–Crippen MR) is 95.8 cm³/mol. The summed E-state index contributed by atoms with van der Waals surface area (Å²) in [7, 11) is 3.33. The number of hydrogen-bond donors (Lipinski definition) is 3. The van der Waals surface area contributed by atoms with Crippen molar-refractivity contribution in [2.45, 2.75) is 32.7 Å². The van der Waals surface area contributed by atoms with Crippen molar-refractivity contribution in [1.82, 2.24) is 5.32 Å². The highest BCUT2D eigenvalue weighted by atomic mass is 35.5. The average molecular weight is 357 g/mol. The Morgan fingerprint density at radius 1 is 1.29 bits per heavy atom. The normalized spacial score (nSPS) is 13.0. The Bertz CT molecular complexity index is 566. The van der Waals surface area contributed by atoms with E-state index >= 15 is 0 Å². The van der Waals surface area contributed by atoms with Gasteiger partial charge in [0.05, 0.1) is 19.8 Å². The molecule has 0 bridgehead atoms. The summed E-state index contributed by atoms with van der Waals surface area (Å²) in [6.45, 7) is 4.47. The van der Waals surface area contributed by atoms with E-state index in [2.05, 4.69) is 17.6 Å². The molecule has 0 fully saturated rings. The standard InChI is InChI=1S/C17H26ClN3O3/c1-5-6-12(2)19-16(22)10-21(3)11-17(23)20-14-9-13(18)7-8-15(14)24-4/h7-9,12H,5-6,10-11H2,1-4H3,(H,19,22)(H,20,23)/p+1/t12-/m0/s1. The number of methoxy groups -OCH3 is 1. The molecule has 0 saturated carbocycles. The molecule has 1 aromatic carbocycles. The number of likely N-dealkylation sites (N-methyl/N-ethyl adjacent to an activating group) is 1. The van der Waals surface area contributed by atoms with Crippen molar-refractivity contribution in [3.63, 3.8) is 0 Å². The third kappa shape index (κ3) is 7.19. The van der Waals surface area contributed by atoms with E-state index in [0.717, 1.165) is 17.7 Å². The highest BCUT2D eigenvalue weighted by molar-refractivity contribution is 6.31. The predicted octanol–water partition coefficient (Wildman–Crippen LogP) is 1.11. The summed E-state index contributed by atoms with van der Waals surface area (Å²) >= 11 is 5.94. The smallest absolute Gasteiger partial charge is 0.279 e. The highest BCUT2D eigenvalue weighted by Crippen LogP contribution is 2.27. The van der Waals surface area contributed by atoms with Gasteiger partial charge in [-0.1, -0.05) is 24.9 Å². The minimum absolute atomic E-state index is 0.0541. The highest BCUT2D eigenvalue weighted by Gasteiger charge is 2.16. The zero-order valence-electron chi connectivity index (χ0n) is 14.7. The van der Waals surface area contributed by atoms with Crippen LogP contribution in [0.3, 0.4) is 0 Å². The zero-order chi connectivity index (χ0) is 18.1. The van der Waals surface area contributed by atoms with E-state index in [0.29, 0.717) is 16.5 Å². The molecule has 0 aliphatic rings. The van der Waals surface area contributed by atoms with E-state index in [1.54, 1.807) is 25.2 Å². The summed E-state index contributed by atoms with van der Waals surface area (Å²) in [4.78, 5) is 24.9. The molecule has 7 heteroatoms. The lowest BCUT2D eigenvalue weighted by Crippen LogP contribution is -3.11. The van der Waals surface area contributed by atoms with Gasteiger partial charge in [0, 0.05) is 11.1 Å². The quantitative estimate of drug-likeness (QED) is 0.620. The number of rotatable bonds is 9. The van der Waals surface area contributed by atoms with Gasteiger partial charge in [-0.2, -0.15) is 0 Å². The van der Waals surface area contributed by atoms with Gasteiger partial charge in [0.15, 0.2) is 13.1 Å². The minimum Gasteiger partial charge on any atom is -0.495 e. The Labute approximate surface area is 148 Å². The van der Waals surface area contributed by atoms with Gasteiger partial charge >= 0.3 is 0 Å². The lowest BCUT2D eigenvalue weighted by atomic mass is 10.2. The third-order valence-corrected chi connectivity index (χ3v) is 3.72. The first-order valence-electron chi connectivity index (χ1n) is 8.09. The van der Waals surface area contributed by atoms with Crippen molar-refractivity contribution in [3.05, 3.63) is 23.2 Å². The van der Waals surface area contributed by atoms with Crippen LogP contribution in [0, 0.1) is 0 Å². The lowest BCUT2D eigenvalue weighted by molar-refractivity contribution is -0.862. The lowest BCUT2D eigenvalue weighted by Gasteiger charge is -2.17. The average Bonchev–Trinajstić information content (AvgIpc) is 2.46. The molecular formula is C17H27ClN3O3+. The molecule has 0 aromatic heterocycles. The number of hydrogen-bond acceptors (Lipinski definition) is 3. The summed E-state index contributed by atoms with van der Waals surface area (Å²) in [6.07, 6.45) is 1.97. The Morgan fingerprint density at radius 3 is 2.58 bits per heavy atom. The number of nitrogens with one attached hydrogen (secondary N) is 3. The van der Waals surface area contributed by atoms with E-state index in [-0.39, 0.29) is 30.9 Å². The first kappa shape index (κ1) is 20.3. The molecule has 0 spiro atoms. The van der Waals surface area contributed by atoms with E-state index < -0.39 is 0 Å². The third-order valence-electron chi connectivity index (χ3n) is 3.49. The fraction of sp³-hybridized carbons (Fsp3) is 0.529. The van der Waals surface area contributed by atoms with Crippen LogP contribution in [0.1, 0.15) is 26.7 Å². The topological polar surface area (TPSA) is 71.9 Å². The molecule has 1 rings (SSSR count). The molecular weight excluding hydrogens is 330 g/mol. The van der Waals surface area contributed by atoms with Crippen LogP contribution in [0.15, 0.2) is 18.2 Å². The summed E-state index contributed by atoms with van der Waals surface area (Å²) in [5, 5.41) is 6.21. The number of halogens is 1. The van der Waals surface area contributed by atoms with Crippen molar-refractivity contribution >= 4 is 29.1 Å². The number of benzene rings is 1. The largest absolute Gasteiger partial charge is 0.495 e. The van der Waals surface area contributed by atoms with E-state index in [1.807, 2.05) is 6.92 Å². The van der Waals surface area contributed by atoms with Crippen molar-refractivity contribution in [1.29, 1.82) is 0 Å². The maximum atomic E-state index is 12.1. The second kappa shape index (κ2) is 10.2. The fourth-order valence-corrected chi connectivity index (χ4v) is 2.59. The molecule has 0 aliphatic carbocycles. The van der Waals surface area contributed by atoms with E-state index in [9.17, 15) is 9.59 Å². The molecule has 0 aliphatic heterocycles. The molecule has 134 valence electrons. The molecule has 24 heavy (non-hydrogen) atoms. The molecule has 0 heterocycles. The Hall–Kier alpha value is -1.79. The van der Waals surface area contributed by atoms with Gasteiger partial charge < -0.3 is 20.3 Å². The maximum absolute atomic E-state index is 12.1. The molecule has 3 N–H and O–H groups in total. The van der Waals surface area contributed by atoms with Gasteiger partial charge in [-0.05, 0) is 31.5 Å². The summed E-state index contributed by atoms with van der Waals surface area (Å²) in [5.74, 6) is 0.278. The van der Waals surface area contributed by atoms with Crippen molar-refractivity contribution in [2.75, 3.05) is 32.6 Å². The monoisotopic (exact) mass is 356 g/mol. The number of carbonyl (C=O) groups excluding carboxylic acids is 2. The van der Waals surface area contributed by atoms with Gasteiger partial charge in [-0.15, -0.1) is 0 Å². The van der Waals surface area contributed by atoms with Crippen LogP contribution in [0.25, 0.3) is 0 Å². The van der Waals surface area contributed by atoms with E-state index in [4.69, 9.17) is 16.3 Å². The Kier molecular flexibility index (Phi) is 8.57. The number of anilines is 1. The zero-order valence-corrected chi connectivity index (χ0v) is 15.5. The summed E-state index contributed by atoms with van der Waals surface area (Å²) < 4.78 is 5.19. The first-order chi connectivity index (χ1) is 11.3. The Morgan fingerprint density at radius 2 is 1.96 bits per heavy atom. The van der Waals surface area contributed by atoms with Gasteiger partial charge in [0.25, 0.3) is 11.8 Å². The number of ether oxygens (including phenoxy) is 1. The first-order valence-corrected chi connectivity index (χ1v) is 8.47. The second-order valence-corrected chi connectivity index (χ2v) is 6.40. The van der Waals surface area contributed by atoms with E-state index in [1.165, 1.54) is 7.11 Å². The molecule has 6 nitrogen and oxygen atoms in total. The number of amides is 2. The SMILES string of the molecule is CCC[C@H](C)NC(=O)C[NH+](C)CC(=O)Nc1cc(Cl)ccc1OC. The summed E-state index contributed by atoms with van der Waals surface area (Å²) in [6, 6.07) is 5.17. The minimum atomic E-state index is -0.206. The van der Waals surface area contributed by atoms with Gasteiger partial charge in [0.1, 0.15) is 5.75 Å². The second-order valence-electron chi connectivity index (χ2n) is 5.96. The fourth-order valence-electron chi connectivity index (χ4n) is 2.41. The van der Waals surface area contributed by atoms with Gasteiger partial charge in [-0.25, -0.2) is 0 Å². The van der Waals surface area contributed by atoms with Crippen molar-refractivity contribution in [3.8, 4) is 5.75 Å². The number of carbonyl (C=O) groups is 2. The molecule has 0 radical (unpaired) electrons. The molecule has 1 unspecified atom stereocenters. The number of quaternary nitrogens is 1. The van der Waals surface area contributed by atoms with Crippen LogP contribution < -0.4 is 20.3 Å². The molecule has 1 aromatic rings. The van der Waals surface area contributed by atoms with Crippen LogP contribution in [-0.2, 0) is 9.59 Å². The van der Waals surface area contributed by atoms with Crippen LogP contribution in [0.2, 0.25) is 5.02 Å². The van der Waals surface area contributed by atoms with Crippen LogP contribution >= 0.6 is 11.6 Å². The van der Waals surface area contributed by atoms with Crippen LogP contribution in [0.4, 0.5) is 5.69 Å². The Balaban J connectivity index is 2.50. The molecule has 2 amide bonds. The van der Waals surface area contributed by atoms with Crippen molar-refractivity contribution < 1.29 is 19.2 Å². The molecule has 2 atom stereocenters. The van der Waals surface area contributed by atoms with Gasteiger partial charge in [-0.3, -0.25) is 9.59 Å².